The Balaban J connectivity index is 4.48. The van der Waals surface area contributed by atoms with Crippen LogP contribution in [0.3, 0.4) is 0 Å². The van der Waals surface area contributed by atoms with E-state index in [0.717, 1.165) is 103 Å². The zero-order valence-electron chi connectivity index (χ0n) is 38.8. The van der Waals surface area contributed by atoms with Crippen LogP contribution in [0.1, 0.15) is 142 Å². The summed E-state index contributed by atoms with van der Waals surface area (Å²) in [5.74, 6) is -1.59. The predicted molar refractivity (Wildman–Crippen MR) is 256 cm³/mol. The first kappa shape index (κ1) is 56.7. The van der Waals surface area contributed by atoms with Gasteiger partial charge in [0.25, 0.3) is 0 Å². The lowest BCUT2D eigenvalue weighted by atomic mass is 10.1. The molecule has 0 aliphatic rings. The van der Waals surface area contributed by atoms with Crippen LogP contribution < -0.4 is 0 Å². The van der Waals surface area contributed by atoms with Crippen molar-refractivity contribution in [2.75, 3.05) is 41.0 Å². The Hall–Kier alpha value is -4.27. The SMILES string of the molecule is CC/C=C/C/C=C/C/C=C/C/C=C/C/C=C/C/C=C/C/C=C/CCCC(=O)OC(COCCC(C(=O)O)[N+](C)(C)C)COC(=O)CCCCCC/C=C/C/C=C/C/C=C/CC. The first-order valence-electron chi connectivity index (χ1n) is 23.1. The van der Waals surface area contributed by atoms with Crippen molar-refractivity contribution in [1.29, 1.82) is 0 Å². The van der Waals surface area contributed by atoms with Crippen LogP contribution in [-0.4, -0.2) is 80.6 Å². The molecule has 1 N–H and O–H groups in total. The number of carboxylic acids is 1. The number of quaternary nitrogens is 1. The number of hydrogen-bond acceptors (Lipinski definition) is 6. The van der Waals surface area contributed by atoms with Gasteiger partial charge in [0.15, 0.2) is 12.1 Å². The molecule has 0 fully saturated rings. The average molecular weight is 847 g/mol. The maximum Gasteiger partial charge on any atom is 0.362 e. The van der Waals surface area contributed by atoms with Gasteiger partial charge in [-0.2, -0.15) is 0 Å². The molecule has 0 spiro atoms. The van der Waals surface area contributed by atoms with Gasteiger partial charge in [0.05, 0.1) is 34.4 Å². The summed E-state index contributed by atoms with van der Waals surface area (Å²) in [5, 5.41) is 9.63. The highest BCUT2D eigenvalue weighted by molar-refractivity contribution is 5.72. The van der Waals surface area contributed by atoms with Crippen molar-refractivity contribution in [3.63, 3.8) is 0 Å². The van der Waals surface area contributed by atoms with E-state index in [1.807, 2.05) is 21.1 Å². The lowest BCUT2D eigenvalue weighted by Crippen LogP contribution is -2.50. The number of unbranched alkanes of at least 4 members (excludes halogenated alkanes) is 5. The number of nitrogens with zero attached hydrogens (tertiary/aromatic N) is 1. The van der Waals surface area contributed by atoms with E-state index in [1.165, 1.54) is 0 Å². The van der Waals surface area contributed by atoms with E-state index in [4.69, 9.17) is 14.2 Å². The van der Waals surface area contributed by atoms with Crippen LogP contribution >= 0.6 is 0 Å². The highest BCUT2D eigenvalue weighted by Gasteiger charge is 2.31. The normalized spacial score (nSPS) is 14.0. The van der Waals surface area contributed by atoms with Gasteiger partial charge in [0.2, 0.25) is 0 Å². The van der Waals surface area contributed by atoms with Crippen molar-refractivity contribution >= 4 is 17.9 Å². The minimum atomic E-state index is -0.894. The van der Waals surface area contributed by atoms with Crippen molar-refractivity contribution in [1.82, 2.24) is 0 Å². The van der Waals surface area contributed by atoms with Gasteiger partial charge < -0.3 is 23.8 Å². The van der Waals surface area contributed by atoms with Gasteiger partial charge in [-0.25, -0.2) is 4.79 Å². The monoisotopic (exact) mass is 847 g/mol. The molecular formula is C53H84NO7+. The fraction of sp³-hybridized carbons (Fsp3) is 0.566. The van der Waals surface area contributed by atoms with Crippen LogP contribution in [0.5, 0.6) is 0 Å². The third kappa shape index (κ3) is 40.9. The fourth-order valence-electron chi connectivity index (χ4n) is 5.86. The quantitative estimate of drug-likeness (QED) is 0.0285. The summed E-state index contributed by atoms with van der Waals surface area (Å²) in [6.45, 7) is 4.39. The number of rotatable bonds is 39. The second-order valence-electron chi connectivity index (χ2n) is 15.9. The third-order valence-corrected chi connectivity index (χ3v) is 9.36. The van der Waals surface area contributed by atoms with E-state index in [9.17, 15) is 19.5 Å². The third-order valence-electron chi connectivity index (χ3n) is 9.36. The maximum absolute atomic E-state index is 12.7. The number of likely N-dealkylation sites (N-methyl/N-ethyl adjacent to an activating group) is 1. The molecule has 0 aromatic rings. The minimum Gasteiger partial charge on any atom is -0.477 e. The molecule has 8 nitrogen and oxygen atoms in total. The maximum atomic E-state index is 12.7. The molecule has 8 heteroatoms. The number of allylic oxidation sites excluding steroid dienone is 20. The van der Waals surface area contributed by atoms with Crippen LogP contribution in [0, 0.1) is 0 Å². The average Bonchev–Trinajstić information content (AvgIpc) is 3.22. The molecular weight excluding hydrogens is 763 g/mol. The van der Waals surface area contributed by atoms with Crippen molar-refractivity contribution in [2.24, 2.45) is 0 Å². The first-order chi connectivity index (χ1) is 29.6. The van der Waals surface area contributed by atoms with E-state index in [2.05, 4.69) is 135 Å². The number of carbonyl (C=O) groups excluding carboxylic acids is 2. The fourth-order valence-corrected chi connectivity index (χ4v) is 5.86. The van der Waals surface area contributed by atoms with Crippen LogP contribution in [0.2, 0.25) is 0 Å². The van der Waals surface area contributed by atoms with E-state index >= 15 is 0 Å². The second kappa shape index (κ2) is 42.4. The first-order valence-corrected chi connectivity index (χ1v) is 23.1. The summed E-state index contributed by atoms with van der Waals surface area (Å²) >= 11 is 0. The van der Waals surface area contributed by atoms with Crippen molar-refractivity contribution in [2.45, 2.75) is 154 Å². The number of carbonyl (C=O) groups is 3. The van der Waals surface area contributed by atoms with Crippen molar-refractivity contribution in [3.8, 4) is 0 Å². The lowest BCUT2D eigenvalue weighted by molar-refractivity contribution is -0.887. The zero-order chi connectivity index (χ0) is 44.9. The van der Waals surface area contributed by atoms with Crippen LogP contribution in [0.4, 0.5) is 0 Å². The van der Waals surface area contributed by atoms with Crippen LogP contribution in [0.15, 0.2) is 122 Å². The summed E-state index contributed by atoms with van der Waals surface area (Å²) in [6, 6.07) is -0.637. The van der Waals surface area contributed by atoms with Gasteiger partial charge in [-0.3, -0.25) is 9.59 Å². The predicted octanol–water partition coefficient (Wildman–Crippen LogP) is 13.0. The molecule has 0 aliphatic carbocycles. The van der Waals surface area contributed by atoms with Crippen molar-refractivity contribution < 1.29 is 38.2 Å². The summed E-state index contributed by atoms with van der Waals surface area (Å²) in [6.07, 6.45) is 59.7. The summed E-state index contributed by atoms with van der Waals surface area (Å²) in [5.41, 5.74) is 0. The van der Waals surface area contributed by atoms with Gasteiger partial charge in [0, 0.05) is 19.3 Å². The summed E-state index contributed by atoms with van der Waals surface area (Å²) in [4.78, 5) is 37.0. The molecule has 0 saturated heterocycles. The van der Waals surface area contributed by atoms with Crippen LogP contribution in [0.25, 0.3) is 0 Å². The van der Waals surface area contributed by atoms with Gasteiger partial charge in [-0.05, 0) is 96.3 Å². The molecule has 0 aromatic carbocycles. The number of hydrogen-bond donors (Lipinski definition) is 1. The molecule has 0 rings (SSSR count). The number of aliphatic carboxylic acids is 1. The summed E-state index contributed by atoms with van der Waals surface area (Å²) < 4.78 is 17.2. The molecule has 0 bridgehead atoms. The van der Waals surface area contributed by atoms with E-state index in [0.29, 0.717) is 19.3 Å². The second-order valence-corrected chi connectivity index (χ2v) is 15.9. The molecule has 2 atom stereocenters. The van der Waals surface area contributed by atoms with E-state index in [1.54, 1.807) is 0 Å². The van der Waals surface area contributed by atoms with Crippen molar-refractivity contribution in [3.05, 3.63) is 122 Å². The Labute approximate surface area is 371 Å². The molecule has 0 amide bonds. The molecule has 2 unspecified atom stereocenters. The molecule has 0 heterocycles. The lowest BCUT2D eigenvalue weighted by Gasteiger charge is -2.31. The number of carboxylic acid groups (broad SMARTS) is 1. The standard InChI is InChI=1S/C53H83NO7/c1-6-8-10-12-14-16-18-20-22-23-24-25-26-27-28-29-30-32-34-36-38-40-42-44-52(56)61-49(47-59-46-45-50(53(57)58)54(3,4)5)48-60-51(55)43-41-39-37-35-33-31-21-19-17-15-13-11-9-7-2/h8-11,14-17,20-22,24-25,27-28,30-32,36,38,49-50H,6-7,12-13,18-19,23,26,29,33-35,37,39-48H2,1-5H3/p+1/b10-8+,11-9+,16-14+,17-15+,22-20+,25-24+,28-27+,31-21+,32-30+,38-36+. The van der Waals surface area contributed by atoms with E-state index in [-0.39, 0.29) is 42.7 Å². The zero-order valence-corrected chi connectivity index (χ0v) is 38.8. The molecule has 342 valence electrons. The number of esters is 2. The Morgan fingerprint density at radius 3 is 1.31 bits per heavy atom. The summed E-state index contributed by atoms with van der Waals surface area (Å²) in [7, 11) is 5.48. The topological polar surface area (TPSA) is 99.1 Å². The minimum absolute atomic E-state index is 0.0214. The Morgan fingerprint density at radius 1 is 0.492 bits per heavy atom. The molecule has 0 radical (unpaired) electrons. The highest BCUT2D eigenvalue weighted by atomic mass is 16.6. The van der Waals surface area contributed by atoms with Crippen LogP contribution in [-0.2, 0) is 28.6 Å². The molecule has 0 aliphatic heterocycles. The molecule has 0 aromatic heterocycles. The highest BCUT2D eigenvalue weighted by Crippen LogP contribution is 2.11. The number of ether oxygens (including phenoxy) is 3. The Kier molecular flexibility index (Phi) is 39.5. The molecule has 0 saturated carbocycles. The van der Waals surface area contributed by atoms with Gasteiger partial charge in [0.1, 0.15) is 6.61 Å². The largest absolute Gasteiger partial charge is 0.477 e. The van der Waals surface area contributed by atoms with E-state index < -0.39 is 18.1 Å². The Morgan fingerprint density at radius 2 is 0.885 bits per heavy atom. The van der Waals surface area contributed by atoms with Gasteiger partial charge in [-0.15, -0.1) is 0 Å². The van der Waals surface area contributed by atoms with Gasteiger partial charge >= 0.3 is 17.9 Å². The smallest absolute Gasteiger partial charge is 0.362 e. The Bertz CT molecular complexity index is 1400. The molecule has 61 heavy (non-hydrogen) atoms. The van der Waals surface area contributed by atoms with Gasteiger partial charge in [-0.1, -0.05) is 148 Å².